The van der Waals surface area contributed by atoms with Crippen LogP contribution in [0.1, 0.15) is 16.8 Å². The van der Waals surface area contributed by atoms with E-state index in [-0.39, 0.29) is 6.61 Å². The Bertz CT molecular complexity index is 833. The van der Waals surface area contributed by atoms with Crippen molar-refractivity contribution in [2.75, 3.05) is 0 Å². The summed E-state index contributed by atoms with van der Waals surface area (Å²) in [6.07, 6.45) is 3.11. The van der Waals surface area contributed by atoms with Crippen molar-refractivity contribution in [1.29, 1.82) is 0 Å². The molecule has 1 heterocycles. The minimum absolute atomic E-state index is 0.0767. The predicted molar refractivity (Wildman–Crippen MR) is 91.9 cm³/mol. The van der Waals surface area contributed by atoms with E-state index in [0.717, 1.165) is 11.1 Å². The summed E-state index contributed by atoms with van der Waals surface area (Å²) in [6, 6.07) is 19.3. The quantitative estimate of drug-likeness (QED) is 0.516. The molecule has 0 aliphatic rings. The molecule has 0 fully saturated rings. The summed E-state index contributed by atoms with van der Waals surface area (Å²) in [5.74, 6) is 0.236. The van der Waals surface area contributed by atoms with Gasteiger partial charge >= 0.3 is 5.97 Å². The molecule has 4 nitrogen and oxygen atoms in total. The van der Waals surface area contributed by atoms with Gasteiger partial charge in [-0.15, -0.1) is 0 Å². The molecule has 0 aliphatic carbocycles. The number of carbonyl (C=O) groups is 1. The van der Waals surface area contributed by atoms with Crippen molar-refractivity contribution >= 4 is 12.0 Å². The topological polar surface area (TPSA) is 52.3 Å². The molecule has 0 unspecified atom stereocenters. The van der Waals surface area contributed by atoms with Crippen LogP contribution in [0.3, 0.4) is 0 Å². The van der Waals surface area contributed by atoms with Crippen LogP contribution in [-0.4, -0.2) is 11.1 Å². The van der Waals surface area contributed by atoms with E-state index in [4.69, 9.17) is 9.26 Å². The van der Waals surface area contributed by atoms with Gasteiger partial charge in [-0.1, -0.05) is 65.3 Å². The molecule has 3 aromatic rings. The maximum atomic E-state index is 11.7. The summed E-state index contributed by atoms with van der Waals surface area (Å²) >= 11 is 0. The number of aromatic nitrogens is 1. The lowest BCUT2D eigenvalue weighted by molar-refractivity contribution is -0.139. The zero-order chi connectivity index (χ0) is 16.8. The Morgan fingerprint density at radius 1 is 1.12 bits per heavy atom. The molecule has 0 saturated carbocycles. The first-order chi connectivity index (χ1) is 11.7. The average molecular weight is 319 g/mol. The summed E-state index contributed by atoms with van der Waals surface area (Å²) < 4.78 is 10.5. The van der Waals surface area contributed by atoms with Crippen LogP contribution in [0.2, 0.25) is 0 Å². The monoisotopic (exact) mass is 319 g/mol. The van der Waals surface area contributed by atoms with Crippen molar-refractivity contribution in [3.63, 3.8) is 0 Å². The minimum Gasteiger partial charge on any atom is -0.456 e. The first-order valence-corrected chi connectivity index (χ1v) is 7.63. The van der Waals surface area contributed by atoms with Gasteiger partial charge in [0.05, 0.1) is 0 Å². The highest BCUT2D eigenvalue weighted by Crippen LogP contribution is 2.21. The molecule has 3 rings (SSSR count). The van der Waals surface area contributed by atoms with E-state index in [2.05, 4.69) is 5.16 Å². The lowest BCUT2D eigenvalue weighted by Gasteiger charge is -1.97. The van der Waals surface area contributed by atoms with Gasteiger partial charge in [0, 0.05) is 17.7 Å². The molecule has 1 aromatic heterocycles. The van der Waals surface area contributed by atoms with E-state index in [9.17, 15) is 4.79 Å². The number of benzene rings is 2. The zero-order valence-corrected chi connectivity index (χ0v) is 13.3. The SMILES string of the molecule is Cc1ccc(-c2cc(COC(=O)/C=C\c3ccccc3)no2)cc1. The fourth-order valence-electron chi connectivity index (χ4n) is 2.16. The first-order valence-electron chi connectivity index (χ1n) is 7.63. The van der Waals surface area contributed by atoms with Crippen LogP contribution in [-0.2, 0) is 16.1 Å². The van der Waals surface area contributed by atoms with Crippen LogP contribution >= 0.6 is 0 Å². The van der Waals surface area contributed by atoms with Gasteiger partial charge in [0.1, 0.15) is 12.3 Å². The van der Waals surface area contributed by atoms with Gasteiger partial charge in [-0.2, -0.15) is 0 Å². The minimum atomic E-state index is -0.418. The lowest BCUT2D eigenvalue weighted by Crippen LogP contribution is -2.00. The Morgan fingerprint density at radius 2 is 1.88 bits per heavy atom. The van der Waals surface area contributed by atoms with E-state index < -0.39 is 5.97 Å². The third-order valence-electron chi connectivity index (χ3n) is 3.47. The van der Waals surface area contributed by atoms with Gasteiger partial charge in [0.2, 0.25) is 0 Å². The normalized spacial score (nSPS) is 10.9. The van der Waals surface area contributed by atoms with Crippen molar-refractivity contribution in [3.05, 3.63) is 83.6 Å². The summed E-state index contributed by atoms with van der Waals surface area (Å²) in [4.78, 5) is 11.7. The van der Waals surface area contributed by atoms with Crippen molar-refractivity contribution in [2.45, 2.75) is 13.5 Å². The fraction of sp³-hybridized carbons (Fsp3) is 0.100. The van der Waals surface area contributed by atoms with Crippen LogP contribution < -0.4 is 0 Å². The molecular formula is C20H17NO3. The summed E-state index contributed by atoms with van der Waals surface area (Å²) in [5.41, 5.74) is 3.64. The summed E-state index contributed by atoms with van der Waals surface area (Å²) in [5, 5.41) is 3.93. The Labute approximate surface area is 140 Å². The van der Waals surface area contributed by atoms with E-state index in [1.165, 1.54) is 11.6 Å². The molecule has 0 bridgehead atoms. The largest absolute Gasteiger partial charge is 0.456 e. The van der Waals surface area contributed by atoms with E-state index in [1.54, 1.807) is 12.1 Å². The number of carbonyl (C=O) groups excluding carboxylic acids is 1. The highest BCUT2D eigenvalue weighted by Gasteiger charge is 2.08. The van der Waals surface area contributed by atoms with Crippen molar-refractivity contribution in [1.82, 2.24) is 5.16 Å². The van der Waals surface area contributed by atoms with E-state index in [1.807, 2.05) is 61.5 Å². The summed E-state index contributed by atoms with van der Waals surface area (Å²) in [6.45, 7) is 2.10. The third kappa shape index (κ3) is 4.20. The van der Waals surface area contributed by atoms with Gasteiger partial charge in [-0.05, 0) is 18.6 Å². The molecule has 0 radical (unpaired) electrons. The highest BCUT2D eigenvalue weighted by molar-refractivity contribution is 5.87. The molecular weight excluding hydrogens is 302 g/mol. The Hall–Kier alpha value is -3.14. The molecule has 24 heavy (non-hydrogen) atoms. The van der Waals surface area contributed by atoms with Crippen LogP contribution in [0.15, 0.2) is 71.3 Å². The Morgan fingerprint density at radius 3 is 2.62 bits per heavy atom. The van der Waals surface area contributed by atoms with Crippen molar-refractivity contribution in [3.8, 4) is 11.3 Å². The zero-order valence-electron chi connectivity index (χ0n) is 13.3. The fourth-order valence-corrected chi connectivity index (χ4v) is 2.16. The molecule has 0 spiro atoms. The Balaban J connectivity index is 1.56. The van der Waals surface area contributed by atoms with Crippen LogP contribution in [0.4, 0.5) is 0 Å². The molecule has 0 amide bonds. The van der Waals surface area contributed by atoms with E-state index in [0.29, 0.717) is 11.5 Å². The molecule has 2 aromatic carbocycles. The molecule has 0 atom stereocenters. The summed E-state index contributed by atoms with van der Waals surface area (Å²) in [7, 11) is 0. The number of rotatable bonds is 5. The van der Waals surface area contributed by atoms with Gasteiger partial charge in [-0.25, -0.2) is 4.79 Å². The number of esters is 1. The van der Waals surface area contributed by atoms with E-state index >= 15 is 0 Å². The Kier molecular flexibility index (Phi) is 4.87. The van der Waals surface area contributed by atoms with Gasteiger partial charge in [0.15, 0.2) is 5.76 Å². The second kappa shape index (κ2) is 7.42. The van der Waals surface area contributed by atoms with Crippen molar-refractivity contribution in [2.24, 2.45) is 0 Å². The van der Waals surface area contributed by atoms with Crippen molar-refractivity contribution < 1.29 is 14.1 Å². The van der Waals surface area contributed by atoms with Crippen LogP contribution in [0.5, 0.6) is 0 Å². The number of aryl methyl sites for hydroxylation is 1. The second-order valence-corrected chi connectivity index (χ2v) is 5.40. The van der Waals surface area contributed by atoms with Gasteiger partial charge in [-0.3, -0.25) is 0 Å². The number of hydrogen-bond acceptors (Lipinski definition) is 4. The van der Waals surface area contributed by atoms with Gasteiger partial charge in [0.25, 0.3) is 0 Å². The standard InChI is InChI=1S/C20H17NO3/c1-15-7-10-17(11-8-15)19-13-18(21-24-19)14-23-20(22)12-9-16-5-3-2-4-6-16/h2-13H,14H2,1H3/b12-9-. The smallest absolute Gasteiger partial charge is 0.331 e. The first kappa shape index (κ1) is 15.7. The predicted octanol–water partition coefficient (Wildman–Crippen LogP) is 4.41. The number of nitrogens with zero attached hydrogens (tertiary/aromatic N) is 1. The molecule has 0 N–H and O–H groups in total. The maximum Gasteiger partial charge on any atom is 0.331 e. The third-order valence-corrected chi connectivity index (χ3v) is 3.47. The number of ether oxygens (including phenoxy) is 1. The lowest BCUT2D eigenvalue weighted by atomic mass is 10.1. The average Bonchev–Trinajstić information content (AvgIpc) is 3.09. The molecule has 120 valence electrons. The number of hydrogen-bond donors (Lipinski definition) is 0. The van der Waals surface area contributed by atoms with Crippen LogP contribution in [0.25, 0.3) is 17.4 Å². The molecule has 0 aliphatic heterocycles. The molecule has 4 heteroatoms. The van der Waals surface area contributed by atoms with Gasteiger partial charge < -0.3 is 9.26 Å². The molecule has 0 saturated heterocycles. The maximum absolute atomic E-state index is 11.7. The highest BCUT2D eigenvalue weighted by atomic mass is 16.5. The second-order valence-electron chi connectivity index (χ2n) is 5.40. The van der Waals surface area contributed by atoms with Crippen LogP contribution in [0, 0.1) is 6.92 Å².